The second kappa shape index (κ2) is 14.1. The minimum absolute atomic E-state index is 0.285. The molecule has 6 aromatic rings. The molecule has 0 spiro atoms. The zero-order chi connectivity index (χ0) is 33.2. The van der Waals surface area contributed by atoms with Crippen LogP contribution in [0.2, 0.25) is 10.0 Å². The van der Waals surface area contributed by atoms with Gasteiger partial charge in [0.1, 0.15) is 23.5 Å². The molecule has 8 rings (SSSR count). The van der Waals surface area contributed by atoms with Crippen molar-refractivity contribution in [2.45, 2.75) is 25.0 Å². The van der Waals surface area contributed by atoms with Gasteiger partial charge in [-0.25, -0.2) is 9.97 Å². The topological polar surface area (TPSA) is 64.9 Å². The van der Waals surface area contributed by atoms with Gasteiger partial charge in [0.25, 0.3) is 0 Å². The van der Waals surface area contributed by atoms with E-state index in [1.807, 2.05) is 35.0 Å². The Morgan fingerprint density at radius 1 is 0.918 bits per heavy atom. The van der Waals surface area contributed by atoms with E-state index in [9.17, 15) is 0 Å². The summed E-state index contributed by atoms with van der Waals surface area (Å²) in [5.74, 6) is -0.292. The lowest BCUT2D eigenvalue weighted by Gasteiger charge is -2.36. The molecular weight excluding hydrogens is 677 g/mol. The minimum atomic E-state index is -1.08. The van der Waals surface area contributed by atoms with Crippen molar-refractivity contribution in [3.05, 3.63) is 131 Å². The molecule has 2 atom stereocenters. The fraction of sp³-hybridized carbons (Fsp3) is 0.263. The molecule has 0 saturated carbocycles. The van der Waals surface area contributed by atoms with E-state index in [0.29, 0.717) is 29.8 Å². The number of hydrogen-bond acceptors (Lipinski definition) is 8. The molecule has 0 amide bonds. The molecule has 2 aliphatic heterocycles. The van der Waals surface area contributed by atoms with Gasteiger partial charge in [0.05, 0.1) is 34.7 Å². The van der Waals surface area contributed by atoms with E-state index in [2.05, 4.69) is 69.4 Å². The van der Waals surface area contributed by atoms with Gasteiger partial charge in [-0.3, -0.25) is 4.90 Å². The molecule has 2 aromatic heterocycles. The molecule has 4 aromatic carbocycles. The quantitative estimate of drug-likeness (QED) is 0.142. The van der Waals surface area contributed by atoms with Crippen LogP contribution in [0.3, 0.4) is 0 Å². The van der Waals surface area contributed by atoms with E-state index in [1.54, 1.807) is 36.0 Å². The van der Waals surface area contributed by atoms with Crippen LogP contribution >= 0.6 is 34.5 Å². The number of anilines is 1. The molecule has 4 heterocycles. The Kier molecular flexibility index (Phi) is 9.29. The summed E-state index contributed by atoms with van der Waals surface area (Å²) in [6.07, 6.45) is 5.04. The maximum absolute atomic E-state index is 6.61. The van der Waals surface area contributed by atoms with E-state index >= 15 is 0 Å². The number of halogens is 2. The van der Waals surface area contributed by atoms with Crippen molar-refractivity contribution in [1.29, 1.82) is 0 Å². The number of aromatic nitrogens is 3. The number of benzene rings is 4. The average molecular weight is 713 g/mol. The van der Waals surface area contributed by atoms with E-state index < -0.39 is 5.79 Å². The summed E-state index contributed by atoms with van der Waals surface area (Å²) in [5.41, 5.74) is 5.48. The molecule has 11 heteroatoms. The van der Waals surface area contributed by atoms with Crippen LogP contribution in [0.25, 0.3) is 20.8 Å². The van der Waals surface area contributed by atoms with Crippen molar-refractivity contribution in [3.8, 4) is 16.3 Å². The van der Waals surface area contributed by atoms with Crippen molar-refractivity contribution in [2.24, 2.45) is 0 Å². The summed E-state index contributed by atoms with van der Waals surface area (Å²) in [7, 11) is 0. The normalized spacial score (nSPS) is 19.9. The molecule has 250 valence electrons. The van der Waals surface area contributed by atoms with E-state index in [-0.39, 0.29) is 6.10 Å². The third-order valence-electron chi connectivity index (χ3n) is 9.06. The number of thiazole rings is 1. The Bertz CT molecular complexity index is 1980. The van der Waals surface area contributed by atoms with Crippen molar-refractivity contribution < 1.29 is 14.2 Å². The molecule has 0 radical (unpaired) electrons. The highest BCUT2D eigenvalue weighted by atomic mass is 35.5. The van der Waals surface area contributed by atoms with Gasteiger partial charge in [-0.15, -0.1) is 11.3 Å². The largest absolute Gasteiger partial charge is 0.491 e. The van der Waals surface area contributed by atoms with Crippen molar-refractivity contribution in [3.63, 3.8) is 0 Å². The number of fused-ring (bicyclic) bond motifs is 1. The second-order valence-electron chi connectivity index (χ2n) is 12.4. The van der Waals surface area contributed by atoms with E-state index in [0.717, 1.165) is 54.6 Å². The summed E-state index contributed by atoms with van der Waals surface area (Å²) >= 11 is 14.5. The number of para-hydroxylation sites is 1. The lowest BCUT2D eigenvalue weighted by atomic mass is 10.1. The first-order chi connectivity index (χ1) is 24.0. The fourth-order valence-corrected chi connectivity index (χ4v) is 8.01. The van der Waals surface area contributed by atoms with Crippen LogP contribution in [0, 0.1) is 0 Å². The fourth-order valence-electron chi connectivity index (χ4n) is 6.49. The number of hydrogen-bond donors (Lipinski definition) is 0. The minimum Gasteiger partial charge on any atom is -0.491 e. The van der Waals surface area contributed by atoms with Crippen molar-refractivity contribution >= 4 is 50.4 Å². The Labute approximate surface area is 299 Å². The van der Waals surface area contributed by atoms with Crippen LogP contribution in [0.15, 0.2) is 110 Å². The van der Waals surface area contributed by atoms with E-state index in [1.165, 1.54) is 21.5 Å². The lowest BCUT2D eigenvalue weighted by Crippen LogP contribution is -2.45. The van der Waals surface area contributed by atoms with Crippen molar-refractivity contribution in [2.75, 3.05) is 44.3 Å². The van der Waals surface area contributed by atoms with Crippen LogP contribution in [0.5, 0.6) is 5.75 Å². The van der Waals surface area contributed by atoms with Crippen LogP contribution in [0.4, 0.5) is 5.69 Å². The van der Waals surface area contributed by atoms with Crippen LogP contribution < -0.4 is 9.64 Å². The summed E-state index contributed by atoms with van der Waals surface area (Å²) in [4.78, 5) is 13.9. The molecule has 2 unspecified atom stereocenters. The van der Waals surface area contributed by atoms with Gasteiger partial charge in [-0.1, -0.05) is 65.7 Å². The molecule has 2 aliphatic rings. The van der Waals surface area contributed by atoms with Crippen LogP contribution in [0.1, 0.15) is 11.1 Å². The molecule has 8 nitrogen and oxygen atoms in total. The zero-order valence-electron chi connectivity index (χ0n) is 26.8. The number of rotatable bonds is 10. The maximum Gasteiger partial charge on any atom is 0.215 e. The number of piperazine rings is 1. The smallest absolute Gasteiger partial charge is 0.215 e. The Balaban J connectivity index is 0.829. The first-order valence-corrected chi connectivity index (χ1v) is 18.0. The van der Waals surface area contributed by atoms with Crippen LogP contribution in [-0.2, 0) is 28.4 Å². The SMILES string of the molecule is Clc1ccc(C2(Cn3ccnc3)OCC(COc3ccc(N4CCN(Cc5ccc(-c6nc7ccccc7s6)cc5)CC4)cc3)O2)c(Cl)c1. The number of nitrogens with zero attached hydrogens (tertiary/aromatic N) is 5. The highest BCUT2D eigenvalue weighted by Gasteiger charge is 2.45. The van der Waals surface area contributed by atoms with Crippen LogP contribution in [-0.4, -0.2) is 64.9 Å². The monoisotopic (exact) mass is 711 g/mol. The molecule has 0 aliphatic carbocycles. The van der Waals surface area contributed by atoms with E-state index in [4.69, 9.17) is 42.4 Å². The van der Waals surface area contributed by atoms with Gasteiger partial charge in [0, 0.05) is 67.0 Å². The Hall–Kier alpha value is -3.96. The predicted molar refractivity (Wildman–Crippen MR) is 196 cm³/mol. The Morgan fingerprint density at radius 2 is 1.73 bits per heavy atom. The van der Waals surface area contributed by atoms with Gasteiger partial charge in [-0.05, 0) is 54.1 Å². The third-order valence-corrected chi connectivity index (χ3v) is 10.7. The molecule has 2 saturated heterocycles. The average Bonchev–Trinajstić information content (AvgIpc) is 3.89. The van der Waals surface area contributed by atoms with Gasteiger partial charge in [0.2, 0.25) is 5.79 Å². The maximum atomic E-state index is 6.61. The summed E-state index contributed by atoms with van der Waals surface area (Å²) in [6.45, 7) is 6.02. The first kappa shape index (κ1) is 32.3. The molecule has 2 fully saturated rings. The number of ether oxygens (including phenoxy) is 3. The molecule has 49 heavy (non-hydrogen) atoms. The number of imidazole rings is 1. The molecular formula is C38H35Cl2N5O3S. The molecule has 0 N–H and O–H groups in total. The second-order valence-corrected chi connectivity index (χ2v) is 14.3. The Morgan fingerprint density at radius 3 is 2.49 bits per heavy atom. The highest BCUT2D eigenvalue weighted by Crippen LogP contribution is 2.41. The summed E-state index contributed by atoms with van der Waals surface area (Å²) in [5, 5.41) is 2.11. The summed E-state index contributed by atoms with van der Waals surface area (Å²) < 4.78 is 22.1. The van der Waals surface area contributed by atoms with Gasteiger partial charge in [-0.2, -0.15) is 0 Å². The standard InChI is InChI=1S/C38H35Cl2N5O3S/c39-29-9-14-33(34(40)21-29)38(25-44-16-15-41-26-44)47-24-32(48-38)23-46-31-12-10-30(11-13-31)45-19-17-43(18-20-45)22-27-5-7-28(8-6-27)37-42-35-3-1-2-4-36(35)49-37/h1-16,21,26,32H,17-20,22-25H2. The zero-order valence-corrected chi connectivity index (χ0v) is 29.1. The van der Waals surface area contributed by atoms with Gasteiger partial charge < -0.3 is 23.7 Å². The van der Waals surface area contributed by atoms with Crippen molar-refractivity contribution in [1.82, 2.24) is 19.4 Å². The molecule has 0 bridgehead atoms. The lowest BCUT2D eigenvalue weighted by molar-refractivity contribution is -0.189. The summed E-state index contributed by atoms with van der Waals surface area (Å²) in [6, 6.07) is 30.9. The van der Waals surface area contributed by atoms with Gasteiger partial charge in [0.15, 0.2) is 0 Å². The highest BCUT2D eigenvalue weighted by molar-refractivity contribution is 7.21. The third kappa shape index (κ3) is 7.19. The van der Waals surface area contributed by atoms with Gasteiger partial charge >= 0.3 is 0 Å². The predicted octanol–water partition coefficient (Wildman–Crippen LogP) is 8.14. The first-order valence-electron chi connectivity index (χ1n) is 16.4.